The standard InChI is InChI=1S/C17H17N3O5S/c1-9-5-6-10(7-15(9)26(18,24)25)19-16(22)12-8-11-13(20-17(12)23)3-2-4-14(11)21/h5-8H,2-4H2,1H3,(H,19,22)(H,20,23)(H2,18,24,25). The molecule has 0 unspecified atom stereocenters. The van der Waals surface area contributed by atoms with Gasteiger partial charge in [0.05, 0.1) is 4.90 Å². The second kappa shape index (κ2) is 6.50. The Bertz CT molecular complexity index is 1090. The fourth-order valence-corrected chi connectivity index (χ4v) is 3.73. The van der Waals surface area contributed by atoms with E-state index in [0.717, 1.165) is 0 Å². The van der Waals surface area contributed by atoms with Gasteiger partial charge < -0.3 is 10.3 Å². The van der Waals surface area contributed by atoms with Gasteiger partial charge in [0.25, 0.3) is 11.5 Å². The number of H-pyrrole nitrogens is 1. The number of nitrogens with one attached hydrogen (secondary N) is 2. The molecule has 0 aliphatic heterocycles. The van der Waals surface area contributed by atoms with Crippen molar-refractivity contribution in [1.82, 2.24) is 4.98 Å². The minimum absolute atomic E-state index is 0.121. The average molecular weight is 375 g/mol. The molecule has 1 aromatic carbocycles. The van der Waals surface area contributed by atoms with Crippen LogP contribution in [0.15, 0.2) is 34.0 Å². The van der Waals surface area contributed by atoms with Crippen LogP contribution in [0, 0.1) is 6.92 Å². The van der Waals surface area contributed by atoms with Crippen molar-refractivity contribution in [3.05, 3.63) is 57.0 Å². The van der Waals surface area contributed by atoms with E-state index in [1.54, 1.807) is 6.92 Å². The summed E-state index contributed by atoms with van der Waals surface area (Å²) in [5.41, 5.74) is 0.673. The normalized spacial score (nSPS) is 14.0. The van der Waals surface area contributed by atoms with Crippen molar-refractivity contribution in [2.75, 3.05) is 5.32 Å². The molecule has 0 atom stereocenters. The van der Waals surface area contributed by atoms with Crippen molar-refractivity contribution in [2.45, 2.75) is 31.1 Å². The number of fused-ring (bicyclic) bond motifs is 1. The van der Waals surface area contributed by atoms with E-state index in [0.29, 0.717) is 36.1 Å². The third-order valence-electron chi connectivity index (χ3n) is 4.25. The average Bonchev–Trinajstić information content (AvgIpc) is 2.55. The Morgan fingerprint density at radius 1 is 1.19 bits per heavy atom. The lowest BCUT2D eigenvalue weighted by Crippen LogP contribution is -2.27. The lowest BCUT2D eigenvalue weighted by atomic mass is 9.93. The first-order valence-corrected chi connectivity index (χ1v) is 9.45. The van der Waals surface area contributed by atoms with Crippen LogP contribution in [0.3, 0.4) is 0 Å². The molecule has 26 heavy (non-hydrogen) atoms. The van der Waals surface area contributed by atoms with Crippen molar-refractivity contribution >= 4 is 27.4 Å². The van der Waals surface area contributed by atoms with E-state index in [1.165, 1.54) is 24.3 Å². The summed E-state index contributed by atoms with van der Waals surface area (Å²) in [6.45, 7) is 1.57. The van der Waals surface area contributed by atoms with Gasteiger partial charge in [0.2, 0.25) is 10.0 Å². The van der Waals surface area contributed by atoms with Crippen LogP contribution in [0.1, 0.15) is 44.8 Å². The third-order valence-corrected chi connectivity index (χ3v) is 5.30. The summed E-state index contributed by atoms with van der Waals surface area (Å²) in [5, 5.41) is 7.62. The number of hydrogen-bond donors (Lipinski definition) is 3. The number of rotatable bonds is 3. The molecule has 8 nitrogen and oxygen atoms in total. The number of carbonyl (C=O) groups excluding carboxylic acids is 2. The van der Waals surface area contributed by atoms with Gasteiger partial charge >= 0.3 is 0 Å². The van der Waals surface area contributed by atoms with Crippen molar-refractivity contribution in [2.24, 2.45) is 5.14 Å². The molecule has 9 heteroatoms. The molecular formula is C17H17N3O5S. The number of anilines is 1. The van der Waals surface area contributed by atoms with E-state index in [2.05, 4.69) is 10.3 Å². The molecule has 2 aromatic rings. The zero-order valence-electron chi connectivity index (χ0n) is 14.0. The number of aromatic amines is 1. The Labute approximate surface area is 149 Å². The van der Waals surface area contributed by atoms with Gasteiger partial charge in [0, 0.05) is 23.4 Å². The van der Waals surface area contributed by atoms with Crippen LogP contribution in [-0.4, -0.2) is 25.1 Å². The molecule has 4 N–H and O–H groups in total. The van der Waals surface area contributed by atoms with E-state index in [4.69, 9.17) is 5.14 Å². The van der Waals surface area contributed by atoms with Gasteiger partial charge in [-0.3, -0.25) is 14.4 Å². The molecule has 0 saturated carbocycles. The van der Waals surface area contributed by atoms with Crippen LogP contribution >= 0.6 is 0 Å². The predicted molar refractivity (Wildman–Crippen MR) is 94.8 cm³/mol. The highest BCUT2D eigenvalue weighted by molar-refractivity contribution is 7.89. The number of nitrogens with two attached hydrogens (primary N) is 1. The van der Waals surface area contributed by atoms with Gasteiger partial charge in [-0.25, -0.2) is 13.6 Å². The summed E-state index contributed by atoms with van der Waals surface area (Å²) in [5.74, 6) is -0.861. The van der Waals surface area contributed by atoms with E-state index < -0.39 is 21.5 Å². The molecule has 0 spiro atoms. The second-order valence-corrected chi connectivity index (χ2v) is 7.69. The number of benzene rings is 1. The highest BCUT2D eigenvalue weighted by Gasteiger charge is 2.22. The molecule has 136 valence electrons. The van der Waals surface area contributed by atoms with Crippen LogP contribution in [0.25, 0.3) is 0 Å². The fraction of sp³-hybridized carbons (Fsp3) is 0.235. The first kappa shape index (κ1) is 18.0. The maximum absolute atomic E-state index is 12.5. The summed E-state index contributed by atoms with van der Waals surface area (Å²) in [4.78, 5) is 39.1. The molecular weight excluding hydrogens is 358 g/mol. The lowest BCUT2D eigenvalue weighted by molar-refractivity contribution is 0.0971. The third kappa shape index (κ3) is 3.44. The van der Waals surface area contributed by atoms with Crippen molar-refractivity contribution in [1.29, 1.82) is 0 Å². The van der Waals surface area contributed by atoms with Crippen LogP contribution < -0.4 is 16.0 Å². The van der Waals surface area contributed by atoms with Crippen LogP contribution in [0.5, 0.6) is 0 Å². The molecule has 0 saturated heterocycles. The minimum atomic E-state index is -3.95. The fourth-order valence-electron chi connectivity index (χ4n) is 2.93. The largest absolute Gasteiger partial charge is 0.325 e. The number of sulfonamides is 1. The van der Waals surface area contributed by atoms with E-state index >= 15 is 0 Å². The number of aromatic nitrogens is 1. The van der Waals surface area contributed by atoms with Gasteiger partial charge in [0.1, 0.15) is 5.56 Å². The van der Waals surface area contributed by atoms with Gasteiger partial charge in [-0.05, 0) is 43.5 Å². The maximum atomic E-state index is 12.5. The lowest BCUT2D eigenvalue weighted by Gasteiger charge is -2.15. The Kier molecular flexibility index (Phi) is 4.51. The summed E-state index contributed by atoms with van der Waals surface area (Å²) in [6.07, 6.45) is 1.61. The monoisotopic (exact) mass is 375 g/mol. The molecule has 0 bridgehead atoms. The van der Waals surface area contributed by atoms with Gasteiger partial charge in [-0.2, -0.15) is 0 Å². The van der Waals surface area contributed by atoms with E-state index in [-0.39, 0.29) is 21.9 Å². The molecule has 1 amide bonds. The summed E-state index contributed by atoms with van der Waals surface area (Å²) in [6, 6.07) is 5.51. The predicted octanol–water partition coefficient (Wildman–Crippen LogP) is 1.10. The number of amides is 1. The Morgan fingerprint density at radius 3 is 2.62 bits per heavy atom. The van der Waals surface area contributed by atoms with Crippen molar-refractivity contribution in [3.8, 4) is 0 Å². The Balaban J connectivity index is 1.96. The molecule has 3 rings (SSSR count). The number of aryl methyl sites for hydroxylation is 2. The number of carbonyl (C=O) groups is 2. The highest BCUT2D eigenvalue weighted by atomic mass is 32.2. The minimum Gasteiger partial charge on any atom is -0.325 e. The quantitative estimate of drug-likeness (QED) is 0.737. The zero-order chi connectivity index (χ0) is 19.1. The summed E-state index contributed by atoms with van der Waals surface area (Å²) >= 11 is 0. The number of Topliss-reactive ketones (excluding diaryl/α,β-unsaturated/α-hetero) is 1. The van der Waals surface area contributed by atoms with Gasteiger partial charge in [0.15, 0.2) is 5.78 Å². The molecule has 1 heterocycles. The van der Waals surface area contributed by atoms with Gasteiger partial charge in [-0.15, -0.1) is 0 Å². The maximum Gasteiger partial charge on any atom is 0.261 e. The Hall–Kier alpha value is -2.78. The Morgan fingerprint density at radius 2 is 1.92 bits per heavy atom. The molecule has 1 aromatic heterocycles. The van der Waals surface area contributed by atoms with E-state index in [9.17, 15) is 22.8 Å². The number of hydrogen-bond acceptors (Lipinski definition) is 5. The highest BCUT2D eigenvalue weighted by Crippen LogP contribution is 2.21. The SMILES string of the molecule is Cc1ccc(NC(=O)c2cc3c([nH]c2=O)CCCC3=O)cc1S(N)(=O)=O. The zero-order valence-corrected chi connectivity index (χ0v) is 14.8. The summed E-state index contributed by atoms with van der Waals surface area (Å²) < 4.78 is 23.2. The van der Waals surface area contributed by atoms with Crippen molar-refractivity contribution in [3.63, 3.8) is 0 Å². The number of pyridine rings is 1. The molecule has 0 fully saturated rings. The number of ketones is 1. The van der Waals surface area contributed by atoms with Crippen LogP contribution in [0.2, 0.25) is 0 Å². The second-order valence-electron chi connectivity index (χ2n) is 6.16. The van der Waals surface area contributed by atoms with Gasteiger partial charge in [-0.1, -0.05) is 6.07 Å². The number of primary sulfonamides is 1. The topological polar surface area (TPSA) is 139 Å². The molecule has 1 aliphatic carbocycles. The first-order chi connectivity index (χ1) is 12.2. The molecule has 1 aliphatic rings. The smallest absolute Gasteiger partial charge is 0.261 e. The first-order valence-electron chi connectivity index (χ1n) is 7.91. The summed E-state index contributed by atoms with van der Waals surface area (Å²) in [7, 11) is -3.95. The van der Waals surface area contributed by atoms with Crippen LogP contribution in [0.4, 0.5) is 5.69 Å². The molecule has 0 radical (unpaired) electrons. The van der Waals surface area contributed by atoms with Crippen molar-refractivity contribution < 1.29 is 18.0 Å². The van der Waals surface area contributed by atoms with Crippen LogP contribution in [-0.2, 0) is 16.4 Å². The van der Waals surface area contributed by atoms with E-state index in [1.807, 2.05) is 0 Å².